The van der Waals surface area contributed by atoms with Crippen LogP contribution >= 0.6 is 0 Å². The van der Waals surface area contributed by atoms with Crippen molar-refractivity contribution in [2.75, 3.05) is 12.4 Å². The molecule has 1 heterocycles. The molecule has 1 aliphatic carbocycles. The molecule has 1 aromatic heterocycles. The van der Waals surface area contributed by atoms with Gasteiger partial charge >= 0.3 is 0 Å². The van der Waals surface area contributed by atoms with E-state index in [1.54, 1.807) is 11.9 Å². The van der Waals surface area contributed by atoms with Crippen LogP contribution in [0.2, 0.25) is 0 Å². The SMILES string of the molecule is CN(C=O)Cc1ccc(NC2Cc3ccccc3C2(C)C)nc1. The van der Waals surface area contributed by atoms with E-state index in [0.29, 0.717) is 12.6 Å². The molecule has 0 aliphatic heterocycles. The number of rotatable bonds is 5. The minimum absolute atomic E-state index is 0.0781. The summed E-state index contributed by atoms with van der Waals surface area (Å²) in [4.78, 5) is 16.8. The first-order valence-electron chi connectivity index (χ1n) is 7.96. The second-order valence-corrected chi connectivity index (χ2v) is 6.85. The Kier molecular flexibility index (Phi) is 4.07. The van der Waals surface area contributed by atoms with Gasteiger partial charge < -0.3 is 10.2 Å². The lowest BCUT2D eigenvalue weighted by molar-refractivity contribution is -0.117. The largest absolute Gasteiger partial charge is 0.366 e. The topological polar surface area (TPSA) is 45.2 Å². The van der Waals surface area contributed by atoms with Gasteiger partial charge in [-0.15, -0.1) is 0 Å². The van der Waals surface area contributed by atoms with Crippen molar-refractivity contribution in [3.63, 3.8) is 0 Å². The van der Waals surface area contributed by atoms with Gasteiger partial charge in [-0.3, -0.25) is 4.79 Å². The van der Waals surface area contributed by atoms with E-state index in [1.165, 1.54) is 11.1 Å². The summed E-state index contributed by atoms with van der Waals surface area (Å²) in [6, 6.07) is 13.0. The first kappa shape index (κ1) is 15.5. The standard InChI is InChI=1S/C19H23N3O/c1-19(2)16-7-5-4-6-15(16)10-17(19)21-18-9-8-14(11-20-18)12-22(3)13-23/h4-9,11,13,17H,10,12H2,1-3H3,(H,20,21). The number of nitrogens with one attached hydrogen (secondary N) is 1. The van der Waals surface area contributed by atoms with Crippen LogP contribution in [0.1, 0.15) is 30.5 Å². The predicted octanol–water partition coefficient (Wildman–Crippen LogP) is 2.98. The van der Waals surface area contributed by atoms with Crippen molar-refractivity contribution in [1.82, 2.24) is 9.88 Å². The monoisotopic (exact) mass is 309 g/mol. The highest BCUT2D eigenvalue weighted by molar-refractivity contribution is 5.48. The maximum Gasteiger partial charge on any atom is 0.209 e. The van der Waals surface area contributed by atoms with Gasteiger partial charge in [-0.1, -0.05) is 44.2 Å². The van der Waals surface area contributed by atoms with Gasteiger partial charge in [0.1, 0.15) is 5.82 Å². The van der Waals surface area contributed by atoms with Crippen molar-refractivity contribution in [2.45, 2.75) is 38.3 Å². The van der Waals surface area contributed by atoms with Gasteiger partial charge in [0.2, 0.25) is 6.41 Å². The minimum Gasteiger partial charge on any atom is -0.366 e. The molecule has 120 valence electrons. The molecular weight excluding hydrogens is 286 g/mol. The quantitative estimate of drug-likeness (QED) is 0.864. The van der Waals surface area contributed by atoms with E-state index in [1.807, 2.05) is 18.3 Å². The van der Waals surface area contributed by atoms with Gasteiger partial charge in [0.25, 0.3) is 0 Å². The predicted molar refractivity (Wildman–Crippen MR) is 92.4 cm³/mol. The Morgan fingerprint density at radius 3 is 2.74 bits per heavy atom. The third kappa shape index (κ3) is 3.07. The van der Waals surface area contributed by atoms with Crippen molar-refractivity contribution >= 4 is 12.2 Å². The van der Waals surface area contributed by atoms with Crippen LogP contribution < -0.4 is 5.32 Å². The van der Waals surface area contributed by atoms with Crippen molar-refractivity contribution in [2.24, 2.45) is 0 Å². The molecule has 1 aromatic carbocycles. The summed E-state index contributed by atoms with van der Waals surface area (Å²) in [6.45, 7) is 5.14. The molecule has 1 amide bonds. The summed E-state index contributed by atoms with van der Waals surface area (Å²) >= 11 is 0. The summed E-state index contributed by atoms with van der Waals surface area (Å²) in [6.07, 6.45) is 3.67. The molecule has 1 atom stereocenters. The number of anilines is 1. The zero-order valence-electron chi connectivity index (χ0n) is 13.9. The molecule has 0 radical (unpaired) electrons. The Labute approximate surface area is 137 Å². The molecule has 0 spiro atoms. The third-order valence-electron chi connectivity index (χ3n) is 4.77. The first-order chi connectivity index (χ1) is 11.0. The van der Waals surface area contributed by atoms with Gasteiger partial charge in [-0.2, -0.15) is 0 Å². The van der Waals surface area contributed by atoms with E-state index >= 15 is 0 Å². The third-order valence-corrected chi connectivity index (χ3v) is 4.77. The Morgan fingerprint density at radius 2 is 2.09 bits per heavy atom. The van der Waals surface area contributed by atoms with Crippen molar-refractivity contribution in [3.05, 3.63) is 59.3 Å². The highest BCUT2D eigenvalue weighted by Crippen LogP contribution is 2.39. The number of amides is 1. The normalized spacial score (nSPS) is 18.3. The summed E-state index contributed by atoms with van der Waals surface area (Å²) in [5.41, 5.74) is 3.94. The van der Waals surface area contributed by atoms with Crippen molar-refractivity contribution < 1.29 is 4.79 Å². The zero-order chi connectivity index (χ0) is 16.4. The van der Waals surface area contributed by atoms with Crippen LogP contribution in [0.5, 0.6) is 0 Å². The molecule has 3 rings (SSSR count). The summed E-state index contributed by atoms with van der Waals surface area (Å²) in [5, 5.41) is 3.58. The lowest BCUT2D eigenvalue weighted by atomic mass is 9.83. The van der Waals surface area contributed by atoms with Crippen LogP contribution in [0.15, 0.2) is 42.6 Å². The highest BCUT2D eigenvalue weighted by atomic mass is 16.1. The maximum atomic E-state index is 10.7. The van der Waals surface area contributed by atoms with Crippen LogP contribution in [0.3, 0.4) is 0 Å². The Balaban J connectivity index is 1.72. The molecule has 0 saturated carbocycles. The fourth-order valence-corrected chi connectivity index (χ4v) is 3.33. The lowest BCUT2D eigenvalue weighted by Gasteiger charge is -2.29. The van der Waals surface area contributed by atoms with Crippen LogP contribution in [0.4, 0.5) is 5.82 Å². The van der Waals surface area contributed by atoms with Crippen LogP contribution in [-0.2, 0) is 23.2 Å². The molecule has 4 nitrogen and oxygen atoms in total. The Hall–Kier alpha value is -2.36. The first-order valence-corrected chi connectivity index (χ1v) is 7.96. The average molecular weight is 309 g/mol. The molecule has 1 unspecified atom stereocenters. The number of nitrogens with zero attached hydrogens (tertiary/aromatic N) is 2. The average Bonchev–Trinajstić information content (AvgIpc) is 2.80. The number of carbonyl (C=O) groups is 1. The van der Waals surface area contributed by atoms with E-state index in [2.05, 4.69) is 48.4 Å². The molecule has 1 aliphatic rings. The van der Waals surface area contributed by atoms with Crippen molar-refractivity contribution in [3.8, 4) is 0 Å². The van der Waals surface area contributed by atoms with Crippen molar-refractivity contribution in [1.29, 1.82) is 0 Å². The highest BCUT2D eigenvalue weighted by Gasteiger charge is 2.39. The van der Waals surface area contributed by atoms with Gasteiger partial charge in [-0.05, 0) is 29.2 Å². The number of hydrogen-bond donors (Lipinski definition) is 1. The molecule has 4 heteroatoms. The smallest absolute Gasteiger partial charge is 0.209 e. The molecule has 0 fully saturated rings. The van der Waals surface area contributed by atoms with Crippen LogP contribution in [0.25, 0.3) is 0 Å². The Morgan fingerprint density at radius 1 is 1.30 bits per heavy atom. The molecule has 1 N–H and O–H groups in total. The van der Waals surface area contributed by atoms with Gasteiger partial charge in [-0.25, -0.2) is 4.98 Å². The van der Waals surface area contributed by atoms with Gasteiger partial charge in [0.05, 0.1) is 0 Å². The van der Waals surface area contributed by atoms with E-state index in [0.717, 1.165) is 24.2 Å². The van der Waals surface area contributed by atoms with Gasteiger partial charge in [0.15, 0.2) is 0 Å². The molecule has 2 aromatic rings. The number of pyridine rings is 1. The second-order valence-electron chi connectivity index (χ2n) is 6.85. The van der Waals surface area contributed by atoms with E-state index in [9.17, 15) is 4.79 Å². The van der Waals surface area contributed by atoms with Gasteiger partial charge in [0, 0.05) is 31.2 Å². The Bertz CT molecular complexity index is 694. The minimum atomic E-state index is 0.0781. The number of hydrogen-bond acceptors (Lipinski definition) is 3. The van der Waals surface area contributed by atoms with Crippen LogP contribution in [0, 0.1) is 0 Å². The fraction of sp³-hybridized carbons (Fsp3) is 0.368. The number of benzene rings is 1. The molecule has 0 bridgehead atoms. The second kappa shape index (κ2) is 6.03. The summed E-state index contributed by atoms with van der Waals surface area (Å²) in [7, 11) is 1.76. The zero-order valence-corrected chi connectivity index (χ0v) is 13.9. The maximum absolute atomic E-state index is 10.7. The number of carbonyl (C=O) groups excluding carboxylic acids is 1. The summed E-state index contributed by atoms with van der Waals surface area (Å²) in [5.74, 6) is 0.883. The molecule has 23 heavy (non-hydrogen) atoms. The summed E-state index contributed by atoms with van der Waals surface area (Å²) < 4.78 is 0. The fourth-order valence-electron chi connectivity index (χ4n) is 3.33. The number of aromatic nitrogens is 1. The molecular formula is C19H23N3O. The van der Waals surface area contributed by atoms with E-state index in [-0.39, 0.29) is 5.41 Å². The molecule has 0 saturated heterocycles. The lowest BCUT2D eigenvalue weighted by Crippen LogP contribution is -2.36. The van der Waals surface area contributed by atoms with E-state index < -0.39 is 0 Å². The van der Waals surface area contributed by atoms with E-state index in [4.69, 9.17) is 0 Å². The van der Waals surface area contributed by atoms with Crippen LogP contribution in [-0.4, -0.2) is 29.4 Å². The number of fused-ring (bicyclic) bond motifs is 1.